The van der Waals surface area contributed by atoms with Crippen molar-refractivity contribution >= 4 is 17.5 Å². The third-order valence-corrected chi connectivity index (χ3v) is 3.86. The summed E-state index contributed by atoms with van der Waals surface area (Å²) in [5.74, 6) is -2.37. The molecule has 0 aliphatic heterocycles. The number of amides is 1. The van der Waals surface area contributed by atoms with Crippen molar-refractivity contribution in [2.45, 2.75) is 31.1 Å². The summed E-state index contributed by atoms with van der Waals surface area (Å²) in [5, 5.41) is 2.81. The van der Waals surface area contributed by atoms with Gasteiger partial charge in [0, 0.05) is 11.9 Å². The molecule has 0 saturated heterocycles. The fourth-order valence-corrected chi connectivity index (χ4v) is 2.83. The Morgan fingerprint density at radius 3 is 2.89 bits per heavy atom. The molecule has 2 atom stereocenters. The Balaban J connectivity index is 1.92. The topological polar surface area (TPSA) is 29.1 Å². The lowest BCUT2D eigenvalue weighted by molar-refractivity contribution is 0.0938. The molecule has 2 nitrogen and oxygen atoms in total. The molecule has 19 heavy (non-hydrogen) atoms. The number of hydrogen-bond donors (Lipinski definition) is 1. The van der Waals surface area contributed by atoms with E-state index in [1.165, 1.54) is 12.1 Å². The van der Waals surface area contributed by atoms with Crippen LogP contribution in [-0.2, 0) is 0 Å². The van der Waals surface area contributed by atoms with Gasteiger partial charge < -0.3 is 5.32 Å². The molecule has 5 heteroatoms. The van der Waals surface area contributed by atoms with Gasteiger partial charge in [0.25, 0.3) is 5.91 Å². The zero-order valence-electron chi connectivity index (χ0n) is 10.5. The molecule has 1 aromatic rings. The third-order valence-electron chi connectivity index (χ3n) is 3.47. The van der Waals surface area contributed by atoms with E-state index in [-0.39, 0.29) is 10.9 Å². The molecule has 1 fully saturated rings. The van der Waals surface area contributed by atoms with Crippen molar-refractivity contribution in [3.63, 3.8) is 0 Å². The van der Waals surface area contributed by atoms with Crippen molar-refractivity contribution in [3.05, 3.63) is 35.4 Å². The van der Waals surface area contributed by atoms with E-state index < -0.39 is 17.5 Å². The summed E-state index contributed by atoms with van der Waals surface area (Å²) in [4.78, 5) is 11.8. The van der Waals surface area contributed by atoms with Crippen LogP contribution in [0.15, 0.2) is 18.2 Å². The van der Waals surface area contributed by atoms with E-state index in [1.807, 2.05) is 0 Å². The molecule has 1 amide bonds. The number of hydrogen-bond acceptors (Lipinski definition) is 1. The molecule has 2 rings (SSSR count). The van der Waals surface area contributed by atoms with Crippen molar-refractivity contribution in [3.8, 4) is 0 Å². The number of benzene rings is 1. The van der Waals surface area contributed by atoms with Crippen LogP contribution in [0.2, 0.25) is 0 Å². The Morgan fingerprint density at radius 1 is 1.37 bits per heavy atom. The number of halogens is 3. The Kier molecular flexibility index (Phi) is 4.75. The lowest BCUT2D eigenvalue weighted by Crippen LogP contribution is -2.32. The first-order valence-corrected chi connectivity index (χ1v) is 6.88. The van der Waals surface area contributed by atoms with Gasteiger partial charge in [-0.3, -0.25) is 4.79 Å². The minimum atomic E-state index is -1.10. The van der Waals surface area contributed by atoms with E-state index in [4.69, 9.17) is 11.6 Å². The minimum Gasteiger partial charge on any atom is -0.352 e. The van der Waals surface area contributed by atoms with Gasteiger partial charge in [-0.1, -0.05) is 12.5 Å². The summed E-state index contributed by atoms with van der Waals surface area (Å²) >= 11 is 6.07. The maximum absolute atomic E-state index is 13.4. The van der Waals surface area contributed by atoms with Gasteiger partial charge in [0.2, 0.25) is 0 Å². The molecule has 1 aliphatic rings. The largest absolute Gasteiger partial charge is 0.352 e. The molecule has 0 radical (unpaired) electrons. The van der Waals surface area contributed by atoms with Crippen LogP contribution in [0.1, 0.15) is 36.0 Å². The van der Waals surface area contributed by atoms with Gasteiger partial charge in [-0.25, -0.2) is 8.78 Å². The van der Waals surface area contributed by atoms with Gasteiger partial charge in [0.05, 0.1) is 5.56 Å². The van der Waals surface area contributed by atoms with Gasteiger partial charge in [-0.15, -0.1) is 11.6 Å². The number of rotatable bonds is 3. The molecule has 104 valence electrons. The number of carbonyl (C=O) groups is 1. The summed E-state index contributed by atoms with van der Waals surface area (Å²) in [6, 6.07) is 3.59. The van der Waals surface area contributed by atoms with Crippen LogP contribution in [-0.4, -0.2) is 17.8 Å². The zero-order chi connectivity index (χ0) is 13.8. The van der Waals surface area contributed by atoms with Crippen molar-refractivity contribution in [2.24, 2.45) is 5.92 Å². The van der Waals surface area contributed by atoms with Gasteiger partial charge in [-0.05, 0) is 37.3 Å². The molecule has 2 unspecified atom stereocenters. The quantitative estimate of drug-likeness (QED) is 0.847. The van der Waals surface area contributed by atoms with Crippen molar-refractivity contribution in [1.29, 1.82) is 0 Å². The van der Waals surface area contributed by atoms with Crippen LogP contribution in [0.5, 0.6) is 0 Å². The van der Waals surface area contributed by atoms with Gasteiger partial charge >= 0.3 is 0 Å². The second-order valence-corrected chi connectivity index (χ2v) is 5.56. The van der Waals surface area contributed by atoms with Gasteiger partial charge in [0.1, 0.15) is 0 Å². The van der Waals surface area contributed by atoms with E-state index in [9.17, 15) is 13.6 Å². The molecule has 1 N–H and O–H groups in total. The highest BCUT2D eigenvalue weighted by atomic mass is 35.5. The first-order valence-electron chi connectivity index (χ1n) is 6.44. The zero-order valence-corrected chi connectivity index (χ0v) is 11.2. The van der Waals surface area contributed by atoms with E-state index >= 15 is 0 Å². The summed E-state index contributed by atoms with van der Waals surface area (Å²) < 4.78 is 26.4. The minimum absolute atomic E-state index is 0.154. The Labute approximate surface area is 116 Å². The van der Waals surface area contributed by atoms with Crippen molar-refractivity contribution in [2.75, 3.05) is 6.54 Å². The lowest BCUT2D eigenvalue weighted by Gasteiger charge is -2.25. The van der Waals surface area contributed by atoms with Crippen LogP contribution in [0.25, 0.3) is 0 Å². The summed E-state index contributed by atoms with van der Waals surface area (Å²) in [6.45, 7) is 0.456. The first kappa shape index (κ1) is 14.3. The highest BCUT2D eigenvalue weighted by molar-refractivity contribution is 6.20. The normalized spacial score (nSPS) is 23.1. The van der Waals surface area contributed by atoms with Crippen LogP contribution in [0.4, 0.5) is 8.78 Å². The molecule has 1 aromatic carbocycles. The predicted octanol–water partition coefficient (Wildman–Crippen LogP) is 3.49. The molecule has 0 aromatic heterocycles. The number of alkyl halides is 1. The highest BCUT2D eigenvalue weighted by Gasteiger charge is 2.21. The van der Waals surface area contributed by atoms with E-state index in [1.54, 1.807) is 0 Å². The van der Waals surface area contributed by atoms with Crippen LogP contribution < -0.4 is 5.32 Å². The van der Waals surface area contributed by atoms with Crippen LogP contribution in [0.3, 0.4) is 0 Å². The van der Waals surface area contributed by atoms with E-state index in [0.29, 0.717) is 12.5 Å². The average Bonchev–Trinajstić information content (AvgIpc) is 2.39. The second-order valence-electron chi connectivity index (χ2n) is 4.94. The molecule has 0 heterocycles. The Morgan fingerprint density at radius 2 is 2.16 bits per heavy atom. The van der Waals surface area contributed by atoms with Crippen LogP contribution >= 0.6 is 11.6 Å². The number of carbonyl (C=O) groups excluding carboxylic acids is 1. The maximum atomic E-state index is 13.4. The first-order chi connectivity index (χ1) is 9.08. The van der Waals surface area contributed by atoms with Gasteiger partial charge in [0.15, 0.2) is 11.6 Å². The summed E-state index contributed by atoms with van der Waals surface area (Å²) in [5.41, 5.74) is -0.252. The molecule has 1 saturated carbocycles. The fraction of sp³-hybridized carbons (Fsp3) is 0.500. The highest BCUT2D eigenvalue weighted by Crippen LogP contribution is 2.27. The molecule has 1 aliphatic carbocycles. The van der Waals surface area contributed by atoms with E-state index in [2.05, 4.69) is 5.32 Å². The number of nitrogens with one attached hydrogen (secondary N) is 1. The van der Waals surface area contributed by atoms with Gasteiger partial charge in [-0.2, -0.15) is 0 Å². The molecule has 0 bridgehead atoms. The van der Waals surface area contributed by atoms with E-state index in [0.717, 1.165) is 31.7 Å². The fourth-order valence-electron chi connectivity index (χ4n) is 2.42. The average molecular weight is 288 g/mol. The van der Waals surface area contributed by atoms with Crippen LogP contribution in [0, 0.1) is 17.6 Å². The monoisotopic (exact) mass is 287 g/mol. The lowest BCUT2D eigenvalue weighted by atomic mass is 9.89. The Hall–Kier alpha value is -1.16. The smallest absolute Gasteiger partial charge is 0.254 e. The molecule has 0 spiro atoms. The molecular formula is C14H16ClF2NO. The summed E-state index contributed by atoms with van der Waals surface area (Å²) in [6.07, 6.45) is 3.91. The molecular weight excluding hydrogens is 272 g/mol. The maximum Gasteiger partial charge on any atom is 0.254 e. The van der Waals surface area contributed by atoms with Crippen molar-refractivity contribution in [1.82, 2.24) is 5.32 Å². The Bertz CT molecular complexity index is 467. The standard InChI is InChI=1S/C14H16ClF2NO/c15-10-4-1-3-9(7-10)8-18-14(19)11-5-2-6-12(16)13(11)17/h2,5-6,9-10H,1,3-4,7-8H2,(H,18,19). The SMILES string of the molecule is O=C(NCC1CCCC(Cl)C1)c1cccc(F)c1F. The summed E-state index contributed by atoms with van der Waals surface area (Å²) in [7, 11) is 0. The predicted molar refractivity (Wildman–Crippen MR) is 70.3 cm³/mol. The van der Waals surface area contributed by atoms with Crippen molar-refractivity contribution < 1.29 is 13.6 Å². The third kappa shape index (κ3) is 3.66. The second kappa shape index (κ2) is 6.33.